The number of carbonyl (C=O) groups excluding carboxylic acids is 1. The van der Waals surface area contributed by atoms with Crippen LogP contribution < -0.4 is 10.6 Å². The molecule has 2 aliphatic rings. The highest BCUT2D eigenvalue weighted by Gasteiger charge is 2.10. The smallest absolute Gasteiger partial charge is 0.324 e. The molecule has 20 heavy (non-hydrogen) atoms. The monoisotopic (exact) mass is 274 g/mol. The predicted octanol–water partition coefficient (Wildman–Crippen LogP) is 2.87. The van der Waals surface area contributed by atoms with E-state index in [0.717, 1.165) is 18.5 Å². The zero-order chi connectivity index (χ0) is 15.0. The van der Waals surface area contributed by atoms with Crippen molar-refractivity contribution >= 4 is 11.9 Å². The van der Waals surface area contributed by atoms with Gasteiger partial charge in [0.05, 0.1) is 0 Å². The van der Waals surface area contributed by atoms with E-state index in [1.165, 1.54) is 0 Å². The van der Waals surface area contributed by atoms with Crippen molar-refractivity contribution < 1.29 is 4.79 Å². The quantitative estimate of drug-likeness (QED) is 0.772. The molecule has 0 spiro atoms. The van der Waals surface area contributed by atoms with Gasteiger partial charge in [-0.05, 0) is 25.0 Å². The summed E-state index contributed by atoms with van der Waals surface area (Å²) in [5.41, 5.74) is 0.815. The molecule has 1 aliphatic carbocycles. The number of nitrogens with zero attached hydrogens (tertiary/aromatic N) is 2. The van der Waals surface area contributed by atoms with Crippen molar-refractivity contribution in [3.8, 4) is 0 Å². The molecule has 0 aromatic rings. The maximum absolute atomic E-state index is 11.7. The molecule has 5 heteroatoms. The van der Waals surface area contributed by atoms with Gasteiger partial charge in [-0.2, -0.15) is 0 Å². The largest absolute Gasteiger partial charge is 0.336 e. The molecule has 0 atom stereocenters. The van der Waals surface area contributed by atoms with Crippen molar-refractivity contribution in [2.24, 2.45) is 4.99 Å². The molecule has 1 heterocycles. The van der Waals surface area contributed by atoms with Crippen LogP contribution in [0.4, 0.5) is 4.79 Å². The van der Waals surface area contributed by atoms with E-state index in [0.29, 0.717) is 11.7 Å². The number of carbonyl (C=O) groups is 1. The summed E-state index contributed by atoms with van der Waals surface area (Å²) >= 11 is 0. The molecule has 0 aromatic heterocycles. The van der Waals surface area contributed by atoms with Crippen LogP contribution in [-0.4, -0.2) is 23.8 Å². The van der Waals surface area contributed by atoms with Gasteiger partial charge in [-0.1, -0.05) is 32.6 Å². The molecule has 2 N–H and O–H groups in total. The van der Waals surface area contributed by atoms with E-state index in [-0.39, 0.29) is 6.03 Å². The molecule has 1 aliphatic heterocycles. The molecule has 0 aromatic carbocycles. The Bertz CT molecular complexity index is 486. The minimum absolute atomic E-state index is 0.298. The number of allylic oxidation sites excluding steroid dienone is 3. The fraction of sp³-hybridized carbons (Fsp3) is 0.333. The molecule has 5 nitrogen and oxygen atoms in total. The second-order valence-corrected chi connectivity index (χ2v) is 4.06. The molecule has 0 unspecified atom stereocenters. The molecule has 2 amide bonds. The minimum atomic E-state index is -0.298. The first-order valence-electron chi connectivity index (χ1n) is 6.78. The van der Waals surface area contributed by atoms with E-state index in [2.05, 4.69) is 22.2 Å². The Morgan fingerprint density at radius 1 is 1.30 bits per heavy atom. The third kappa shape index (κ3) is 4.76. The standard InChI is InChI=1S/C13H16N4O.C2H6/c1-10-14-12(8-9-17(10)2)16-13(18)15-11-6-4-3-5-7-11;1-2/h4,6-9H,1,3,5H2,2H3,(H2,14,15,16,18);1-2H3. The van der Waals surface area contributed by atoms with Crippen molar-refractivity contribution in [3.63, 3.8) is 0 Å². The first-order valence-corrected chi connectivity index (χ1v) is 6.78. The number of amides is 2. The Morgan fingerprint density at radius 3 is 2.65 bits per heavy atom. The molecule has 2 rings (SSSR count). The van der Waals surface area contributed by atoms with Gasteiger partial charge in [0, 0.05) is 18.9 Å². The second kappa shape index (κ2) is 7.99. The van der Waals surface area contributed by atoms with Crippen LogP contribution in [0, 0.1) is 0 Å². The van der Waals surface area contributed by atoms with E-state index in [4.69, 9.17) is 0 Å². The van der Waals surface area contributed by atoms with E-state index in [1.807, 2.05) is 39.1 Å². The molecule has 108 valence electrons. The van der Waals surface area contributed by atoms with Gasteiger partial charge in [0.2, 0.25) is 0 Å². The summed E-state index contributed by atoms with van der Waals surface area (Å²) in [5.74, 6) is 1.07. The topological polar surface area (TPSA) is 56.7 Å². The van der Waals surface area contributed by atoms with Crippen molar-refractivity contribution in [3.05, 3.63) is 48.6 Å². The second-order valence-electron chi connectivity index (χ2n) is 4.06. The van der Waals surface area contributed by atoms with Crippen LogP contribution >= 0.6 is 0 Å². The van der Waals surface area contributed by atoms with Crippen LogP contribution in [0.5, 0.6) is 0 Å². The Morgan fingerprint density at radius 2 is 2.05 bits per heavy atom. The Balaban J connectivity index is 0.000000956. The number of amidine groups is 1. The summed E-state index contributed by atoms with van der Waals surface area (Å²) in [5, 5.41) is 5.43. The van der Waals surface area contributed by atoms with Gasteiger partial charge in [-0.25, -0.2) is 9.79 Å². The van der Waals surface area contributed by atoms with Crippen molar-refractivity contribution in [2.75, 3.05) is 7.05 Å². The molecule has 0 radical (unpaired) electrons. The molecule has 0 saturated carbocycles. The first-order chi connectivity index (χ1) is 9.65. The van der Waals surface area contributed by atoms with E-state index in [1.54, 1.807) is 17.2 Å². The number of rotatable bonds is 1. The van der Waals surface area contributed by atoms with Crippen LogP contribution in [0.1, 0.15) is 26.7 Å². The molecular formula is C15H22N4O. The Hall–Kier alpha value is -2.30. The Labute approximate surface area is 120 Å². The number of aliphatic imine (C=N–C) groups is 1. The normalized spacial score (nSPS) is 16.8. The van der Waals surface area contributed by atoms with Crippen LogP contribution in [0.15, 0.2) is 53.6 Å². The Kier molecular flexibility index (Phi) is 6.29. The predicted molar refractivity (Wildman–Crippen MR) is 83.0 cm³/mol. The van der Waals surface area contributed by atoms with Gasteiger partial charge in [0.15, 0.2) is 0 Å². The van der Waals surface area contributed by atoms with Crippen LogP contribution in [0.2, 0.25) is 0 Å². The highest BCUT2D eigenvalue weighted by molar-refractivity contribution is 6.04. The van der Waals surface area contributed by atoms with Gasteiger partial charge in [-0.3, -0.25) is 5.32 Å². The van der Waals surface area contributed by atoms with Gasteiger partial charge in [-0.15, -0.1) is 0 Å². The lowest BCUT2D eigenvalue weighted by Crippen LogP contribution is -2.39. The molecular weight excluding hydrogens is 252 g/mol. The van der Waals surface area contributed by atoms with E-state index >= 15 is 0 Å². The third-order valence-electron chi connectivity index (χ3n) is 2.61. The van der Waals surface area contributed by atoms with Gasteiger partial charge in [0.25, 0.3) is 0 Å². The highest BCUT2D eigenvalue weighted by atomic mass is 16.2. The fourth-order valence-corrected chi connectivity index (χ4v) is 1.58. The van der Waals surface area contributed by atoms with Gasteiger partial charge in [0.1, 0.15) is 11.7 Å². The fourth-order valence-electron chi connectivity index (χ4n) is 1.58. The maximum Gasteiger partial charge on any atom is 0.324 e. The number of hydrogen-bond acceptors (Lipinski definition) is 3. The number of nitrogens with one attached hydrogen (secondary N) is 2. The van der Waals surface area contributed by atoms with Gasteiger partial charge < -0.3 is 10.2 Å². The summed E-state index contributed by atoms with van der Waals surface area (Å²) < 4.78 is 0. The number of urea groups is 1. The lowest BCUT2D eigenvalue weighted by Gasteiger charge is -2.19. The summed E-state index contributed by atoms with van der Waals surface area (Å²) in [4.78, 5) is 17.6. The van der Waals surface area contributed by atoms with Crippen molar-refractivity contribution in [1.82, 2.24) is 15.5 Å². The third-order valence-corrected chi connectivity index (χ3v) is 2.61. The van der Waals surface area contributed by atoms with E-state index in [9.17, 15) is 4.79 Å². The molecule has 0 bridgehead atoms. The van der Waals surface area contributed by atoms with Crippen molar-refractivity contribution in [1.29, 1.82) is 0 Å². The summed E-state index contributed by atoms with van der Waals surface area (Å²) in [6, 6.07) is -0.298. The van der Waals surface area contributed by atoms with Gasteiger partial charge >= 0.3 is 6.03 Å². The van der Waals surface area contributed by atoms with E-state index < -0.39 is 0 Å². The average molecular weight is 274 g/mol. The van der Waals surface area contributed by atoms with Crippen LogP contribution in [0.25, 0.3) is 0 Å². The average Bonchev–Trinajstić information content (AvgIpc) is 2.46. The lowest BCUT2D eigenvalue weighted by atomic mass is 10.1. The zero-order valence-electron chi connectivity index (χ0n) is 12.3. The van der Waals surface area contributed by atoms with Crippen LogP contribution in [-0.2, 0) is 0 Å². The summed E-state index contributed by atoms with van der Waals surface area (Å²) in [6.45, 7) is 7.76. The lowest BCUT2D eigenvalue weighted by molar-refractivity contribution is 0.248. The summed E-state index contributed by atoms with van der Waals surface area (Å²) in [7, 11) is 1.84. The SMILES string of the molecule is C=C1N=C(NC(=O)NC2=CCCC=C2)C=CN1C.CC. The first kappa shape index (κ1) is 15.8. The summed E-state index contributed by atoms with van der Waals surface area (Å²) in [6.07, 6.45) is 11.4. The van der Waals surface area contributed by atoms with Crippen molar-refractivity contribution in [2.45, 2.75) is 26.7 Å². The van der Waals surface area contributed by atoms with Crippen LogP contribution in [0.3, 0.4) is 0 Å². The highest BCUT2D eigenvalue weighted by Crippen LogP contribution is 2.08. The maximum atomic E-state index is 11.7. The number of hydrogen-bond donors (Lipinski definition) is 2. The molecule has 0 fully saturated rings. The molecule has 0 saturated heterocycles. The zero-order valence-corrected chi connectivity index (χ0v) is 12.3. The minimum Gasteiger partial charge on any atom is -0.336 e.